The molecule has 0 saturated carbocycles. The minimum absolute atomic E-state index is 1.17. The summed E-state index contributed by atoms with van der Waals surface area (Å²) in [6.07, 6.45) is 8.00. The molecule has 1 heteroatoms. The second-order valence-corrected chi connectivity index (χ2v) is 3.37. The maximum Gasteiger partial charge on any atom is -0.0280 e. The molecule has 0 aromatic rings. The van der Waals surface area contributed by atoms with Crippen LogP contribution in [0.3, 0.4) is 0 Å². The monoisotopic (exact) mass is 134 g/mol. The van der Waals surface area contributed by atoms with Crippen LogP contribution in [-0.2, 0) is 0 Å². The first-order valence-corrected chi connectivity index (χ1v) is 5.27. The summed E-state index contributed by atoms with van der Waals surface area (Å²) in [5.41, 5.74) is 0. The quantitative estimate of drug-likeness (QED) is 0.506. The van der Waals surface area contributed by atoms with E-state index in [1.807, 2.05) is 0 Å². The zero-order valence-corrected chi connectivity index (χ0v) is 7.04. The third-order valence-corrected chi connectivity index (χ3v) is 2.13. The number of hydrogen-bond donors (Lipinski definition) is 0. The summed E-state index contributed by atoms with van der Waals surface area (Å²) in [5, 5.41) is 0. The summed E-state index contributed by atoms with van der Waals surface area (Å²) in [5.74, 6) is 1.46. The van der Waals surface area contributed by atoms with Crippen molar-refractivity contribution in [2.75, 3.05) is 12.0 Å². The van der Waals surface area contributed by atoms with Gasteiger partial charge in [-0.1, -0.05) is 26.2 Å². The van der Waals surface area contributed by atoms with Crippen LogP contribution >= 0.6 is 11.8 Å². The lowest BCUT2D eigenvalue weighted by Gasteiger charge is -1.95. The first kappa shape index (κ1) is 8.35. The molecule has 0 fully saturated rings. The fraction of sp³-hybridized carbons (Fsp3) is 1.00. The highest BCUT2D eigenvalue weighted by molar-refractivity contribution is 7.98. The lowest BCUT2D eigenvalue weighted by Crippen LogP contribution is -1.77. The van der Waals surface area contributed by atoms with Crippen LogP contribution in [0.15, 0.2) is 0 Å². The Kier molecular flexibility index (Phi) is 7.67. The zero-order valence-electron chi connectivity index (χ0n) is 6.04. The lowest BCUT2D eigenvalue weighted by atomic mass is 10.2. The van der Waals surface area contributed by atoms with E-state index in [9.17, 15) is 0 Å². The van der Waals surface area contributed by atoms with E-state index in [1.54, 1.807) is 0 Å². The van der Waals surface area contributed by atoms with Gasteiger partial charge in [0.2, 0.25) is 0 Å². The van der Waals surface area contributed by atoms with Gasteiger partial charge in [0.15, 0.2) is 0 Å². The molecule has 0 aromatic carbocycles. The summed E-state index contributed by atoms with van der Waals surface area (Å²) in [6, 6.07) is 0. The molecular weight excluding hydrogens is 116 g/mol. The molecule has 0 amide bonds. The van der Waals surface area contributed by atoms with E-state index in [4.69, 9.17) is 0 Å². The Morgan fingerprint density at radius 1 is 1.12 bits per heavy atom. The van der Waals surface area contributed by atoms with Crippen LogP contribution in [-0.4, -0.2) is 12.0 Å². The molecule has 8 heavy (non-hydrogen) atoms. The van der Waals surface area contributed by atoms with Gasteiger partial charge >= 0.3 is 0 Å². The molecule has 0 aliphatic carbocycles. The second-order valence-electron chi connectivity index (χ2n) is 2.16. The van der Waals surface area contributed by atoms with Crippen molar-refractivity contribution < 1.29 is 0 Å². The largest absolute Gasteiger partial charge is 0.269 e. The predicted molar refractivity (Wildman–Crippen MR) is 45.3 cm³/mol. The molecule has 0 heterocycles. The van der Waals surface area contributed by atoms with Crippen molar-refractivity contribution in [2.24, 2.45) is 0 Å². The van der Waals surface area contributed by atoms with Crippen molar-refractivity contribution in [3.05, 3.63) is 0 Å². The summed E-state index contributed by atoms with van der Waals surface area (Å²) in [4.78, 5) is 0. The van der Waals surface area contributed by atoms with Crippen LogP contribution < -0.4 is 0 Å². The van der Waals surface area contributed by atoms with Gasteiger partial charge in [-0.15, -0.1) is 0 Å². The van der Waals surface area contributed by atoms with Gasteiger partial charge < -0.3 is 0 Å². The van der Waals surface area contributed by atoms with Crippen molar-refractivity contribution in [1.29, 1.82) is 0 Å². The van der Waals surface area contributed by atoms with Crippen molar-refractivity contribution in [3.63, 3.8) is 0 Å². The van der Waals surface area contributed by atoms with Gasteiger partial charge in [0.25, 0.3) is 0 Å². The molecule has 0 radical (unpaired) electrons. The third-order valence-electron chi connectivity index (χ3n) is 1.28. The molecule has 0 N–H and O–H groups in total. The first-order valence-electron chi connectivity index (χ1n) is 3.56. The van der Waals surface area contributed by atoms with Gasteiger partial charge in [-0.2, -0.15) is 0 Å². The second kappa shape index (κ2) is 7.35. The lowest BCUT2D eigenvalue weighted by molar-refractivity contribution is 0.707. The van der Waals surface area contributed by atoms with Gasteiger partial charge in [0, 0.05) is 0 Å². The van der Waals surface area contributed by atoms with Crippen LogP contribution in [0.1, 0.15) is 32.6 Å². The van der Waals surface area contributed by atoms with E-state index in [-0.39, 0.29) is 0 Å². The number of hydrogen-bond acceptors (Lipinski definition) is 0. The average molecular weight is 134 g/mol. The topological polar surface area (TPSA) is 0 Å². The molecule has 0 rings (SSSR count). The standard InChI is InChI=1S/C7H18S/c1-3-4-5-6-7-8-2/h3-8H2,1-2H3. The molecule has 0 atom stereocenters. The minimum atomic E-state index is 1.17. The Hall–Kier alpha value is 0.350. The average Bonchev–Trinajstić information content (AvgIpc) is 1.81. The molecule has 0 aliphatic heterocycles. The van der Waals surface area contributed by atoms with Gasteiger partial charge in [0.05, 0.1) is 0 Å². The predicted octanol–water partition coefficient (Wildman–Crippen LogP) is 2.39. The fourth-order valence-corrected chi connectivity index (χ4v) is 1.33. The summed E-state index contributed by atoms with van der Waals surface area (Å²) < 4.78 is 0. The molecule has 0 saturated heterocycles. The van der Waals surface area contributed by atoms with Gasteiger partial charge in [-0.3, -0.25) is 11.8 Å². The van der Waals surface area contributed by atoms with Gasteiger partial charge in [-0.05, 0) is 18.4 Å². The van der Waals surface area contributed by atoms with Gasteiger partial charge in [0.1, 0.15) is 0 Å². The number of rotatable bonds is 5. The molecule has 0 aromatic heterocycles. The maximum absolute atomic E-state index is 2.28. The number of unbranched alkanes of at least 4 members (excludes halogenated alkanes) is 3. The van der Waals surface area contributed by atoms with E-state index in [0.717, 1.165) is 0 Å². The zero-order chi connectivity index (χ0) is 6.24. The Labute approximate surface area is 57.1 Å². The summed E-state index contributed by atoms with van der Waals surface area (Å²) in [7, 11) is 0. The van der Waals surface area contributed by atoms with Crippen molar-refractivity contribution in [2.45, 2.75) is 32.6 Å². The van der Waals surface area contributed by atoms with Crippen LogP contribution in [0.4, 0.5) is 0 Å². The molecule has 0 unspecified atom stereocenters. The van der Waals surface area contributed by atoms with Crippen LogP contribution in [0, 0.1) is 0 Å². The Morgan fingerprint density at radius 2 is 1.88 bits per heavy atom. The van der Waals surface area contributed by atoms with E-state index in [2.05, 4.69) is 13.2 Å². The summed E-state index contributed by atoms with van der Waals surface area (Å²) >= 11 is 1.17. The Morgan fingerprint density at radius 3 is 2.38 bits per heavy atom. The Bertz CT molecular complexity index is 29.4. The normalized spacial score (nSPS) is 12.2. The third kappa shape index (κ3) is 6.35. The van der Waals surface area contributed by atoms with Crippen molar-refractivity contribution in [1.82, 2.24) is 0 Å². The van der Waals surface area contributed by atoms with Crippen LogP contribution in [0.25, 0.3) is 0 Å². The van der Waals surface area contributed by atoms with E-state index in [1.165, 1.54) is 43.2 Å². The van der Waals surface area contributed by atoms with Crippen LogP contribution in [0.5, 0.6) is 0 Å². The maximum atomic E-state index is 2.28. The molecule has 0 spiro atoms. The minimum Gasteiger partial charge on any atom is -0.269 e. The highest BCUT2D eigenvalue weighted by atomic mass is 32.2. The van der Waals surface area contributed by atoms with E-state index in [0.29, 0.717) is 0 Å². The fourth-order valence-electron chi connectivity index (χ4n) is 0.729. The van der Waals surface area contributed by atoms with Crippen LogP contribution in [0.2, 0.25) is 0 Å². The highest BCUT2D eigenvalue weighted by Gasteiger charge is 1.82. The molecular formula is C7H18S. The SMILES string of the molecule is CCCCCC[SH2]C. The van der Waals surface area contributed by atoms with Crippen molar-refractivity contribution in [3.8, 4) is 0 Å². The van der Waals surface area contributed by atoms with E-state index >= 15 is 0 Å². The molecule has 0 aliphatic rings. The highest BCUT2D eigenvalue weighted by Crippen LogP contribution is 2.03. The Balaban J connectivity index is 2.53. The molecule has 0 bridgehead atoms. The first-order chi connectivity index (χ1) is 3.91. The van der Waals surface area contributed by atoms with Gasteiger partial charge in [-0.25, -0.2) is 0 Å². The summed E-state index contributed by atoms with van der Waals surface area (Å²) in [6.45, 7) is 2.26. The molecule has 0 nitrogen and oxygen atoms in total. The van der Waals surface area contributed by atoms with E-state index < -0.39 is 0 Å². The molecule has 52 valence electrons. The smallest absolute Gasteiger partial charge is 0.0280 e. The van der Waals surface area contributed by atoms with Crippen molar-refractivity contribution >= 4 is 11.8 Å².